The highest BCUT2D eigenvalue weighted by Gasteiger charge is 2.07. The van der Waals surface area contributed by atoms with Gasteiger partial charge in [0.15, 0.2) is 11.5 Å². The molecule has 0 spiro atoms. The molecular weight excluding hydrogens is 228 g/mol. The molecule has 0 saturated heterocycles. The Morgan fingerprint density at radius 1 is 1.53 bits per heavy atom. The Bertz CT molecular complexity index is 578. The first-order valence-corrected chi connectivity index (χ1v) is 4.56. The summed E-state index contributed by atoms with van der Waals surface area (Å²) in [6.07, 6.45) is -0.0109. The van der Waals surface area contributed by atoms with Gasteiger partial charge in [-0.1, -0.05) is 5.16 Å². The van der Waals surface area contributed by atoms with Crippen molar-refractivity contribution in [3.63, 3.8) is 0 Å². The van der Waals surface area contributed by atoms with E-state index in [0.29, 0.717) is 17.2 Å². The summed E-state index contributed by atoms with van der Waals surface area (Å²) in [5.74, 6) is 0.343. The molecule has 0 bridgehead atoms. The summed E-state index contributed by atoms with van der Waals surface area (Å²) in [5.41, 5.74) is 0.874. The van der Waals surface area contributed by atoms with Crippen LogP contribution in [0.15, 0.2) is 17.3 Å². The standard InChI is InChI=1S/C8H8N6O3/c15-8(16)9-4-7-12-11-6-2-1-5(3-10-17)13-14(6)7/h1-3,9,17H,4H2,(H,15,16)/b10-3-. The summed E-state index contributed by atoms with van der Waals surface area (Å²) >= 11 is 0. The number of nitrogens with zero attached hydrogens (tertiary/aromatic N) is 5. The van der Waals surface area contributed by atoms with Crippen molar-refractivity contribution in [2.45, 2.75) is 6.54 Å². The summed E-state index contributed by atoms with van der Waals surface area (Å²) in [5, 5.41) is 33.5. The molecule has 17 heavy (non-hydrogen) atoms. The molecule has 0 saturated carbocycles. The lowest BCUT2D eigenvalue weighted by atomic mass is 10.4. The van der Waals surface area contributed by atoms with E-state index in [0.717, 1.165) is 6.21 Å². The van der Waals surface area contributed by atoms with Crippen LogP contribution in [0.25, 0.3) is 5.65 Å². The van der Waals surface area contributed by atoms with Crippen molar-refractivity contribution in [2.24, 2.45) is 5.16 Å². The maximum atomic E-state index is 10.4. The van der Waals surface area contributed by atoms with Crippen LogP contribution in [0.1, 0.15) is 11.5 Å². The first-order chi connectivity index (χ1) is 8.20. The molecule has 0 fully saturated rings. The molecule has 0 aliphatic heterocycles. The number of aromatic nitrogens is 4. The highest BCUT2D eigenvalue weighted by molar-refractivity contribution is 5.76. The number of fused-ring (bicyclic) bond motifs is 1. The molecule has 0 unspecified atom stereocenters. The van der Waals surface area contributed by atoms with Crippen molar-refractivity contribution in [2.75, 3.05) is 0 Å². The fraction of sp³-hybridized carbons (Fsp3) is 0.125. The molecule has 88 valence electrons. The van der Waals surface area contributed by atoms with Crippen LogP contribution in [0.2, 0.25) is 0 Å². The second-order valence-electron chi connectivity index (χ2n) is 3.05. The minimum Gasteiger partial charge on any atom is -0.465 e. The quantitative estimate of drug-likeness (QED) is 0.381. The van der Waals surface area contributed by atoms with Crippen LogP contribution in [0.4, 0.5) is 4.79 Å². The van der Waals surface area contributed by atoms with Gasteiger partial charge in [0.05, 0.1) is 12.8 Å². The molecular formula is C8H8N6O3. The molecule has 0 aromatic carbocycles. The topological polar surface area (TPSA) is 125 Å². The highest BCUT2D eigenvalue weighted by atomic mass is 16.4. The molecule has 3 N–H and O–H groups in total. The minimum atomic E-state index is -1.16. The third-order valence-corrected chi connectivity index (χ3v) is 1.94. The van der Waals surface area contributed by atoms with Crippen LogP contribution >= 0.6 is 0 Å². The average molecular weight is 236 g/mol. The summed E-state index contributed by atoms with van der Waals surface area (Å²) in [7, 11) is 0. The summed E-state index contributed by atoms with van der Waals surface area (Å²) in [6, 6.07) is 3.22. The van der Waals surface area contributed by atoms with E-state index in [1.165, 1.54) is 4.52 Å². The van der Waals surface area contributed by atoms with Gasteiger partial charge >= 0.3 is 6.09 Å². The number of hydrogen-bond acceptors (Lipinski definition) is 6. The molecule has 9 nitrogen and oxygen atoms in total. The monoisotopic (exact) mass is 236 g/mol. The zero-order valence-electron chi connectivity index (χ0n) is 8.48. The van der Waals surface area contributed by atoms with Gasteiger partial charge in [0.1, 0.15) is 5.69 Å². The molecule has 2 aromatic heterocycles. The molecule has 2 heterocycles. The van der Waals surface area contributed by atoms with Crippen molar-refractivity contribution < 1.29 is 15.1 Å². The van der Waals surface area contributed by atoms with Gasteiger partial charge < -0.3 is 15.6 Å². The molecule has 0 aliphatic rings. The van der Waals surface area contributed by atoms with Gasteiger partial charge in [-0.25, -0.2) is 4.79 Å². The van der Waals surface area contributed by atoms with E-state index >= 15 is 0 Å². The number of carbonyl (C=O) groups is 1. The van der Waals surface area contributed by atoms with E-state index in [4.69, 9.17) is 10.3 Å². The fourth-order valence-electron chi connectivity index (χ4n) is 1.24. The minimum absolute atomic E-state index is 0.0107. The number of hydrogen-bond donors (Lipinski definition) is 3. The Kier molecular flexibility index (Phi) is 2.81. The Balaban J connectivity index is 2.36. The Morgan fingerprint density at radius 3 is 3.06 bits per heavy atom. The van der Waals surface area contributed by atoms with Gasteiger partial charge in [-0.3, -0.25) is 0 Å². The fourth-order valence-corrected chi connectivity index (χ4v) is 1.24. The normalized spacial score (nSPS) is 11.1. The smallest absolute Gasteiger partial charge is 0.405 e. The van der Waals surface area contributed by atoms with Crippen LogP contribution in [-0.2, 0) is 6.54 Å². The van der Waals surface area contributed by atoms with Crippen molar-refractivity contribution in [3.05, 3.63) is 23.7 Å². The van der Waals surface area contributed by atoms with Gasteiger partial charge in [-0.15, -0.1) is 10.2 Å². The molecule has 2 aromatic rings. The zero-order valence-corrected chi connectivity index (χ0v) is 8.48. The molecule has 2 rings (SSSR count). The van der Waals surface area contributed by atoms with E-state index in [9.17, 15) is 4.79 Å². The molecule has 9 heteroatoms. The summed E-state index contributed by atoms with van der Waals surface area (Å²) in [4.78, 5) is 10.4. The van der Waals surface area contributed by atoms with Gasteiger partial charge in [0.25, 0.3) is 0 Å². The first-order valence-electron chi connectivity index (χ1n) is 4.56. The van der Waals surface area contributed by atoms with E-state index in [2.05, 4.69) is 25.8 Å². The third kappa shape index (κ3) is 2.27. The van der Waals surface area contributed by atoms with Crippen LogP contribution in [0.5, 0.6) is 0 Å². The average Bonchev–Trinajstić information content (AvgIpc) is 2.69. The predicted octanol–water partition coefficient (Wildman–Crippen LogP) is -0.300. The van der Waals surface area contributed by atoms with Crippen molar-refractivity contribution in [1.29, 1.82) is 0 Å². The van der Waals surface area contributed by atoms with Gasteiger partial charge in [0.2, 0.25) is 0 Å². The van der Waals surface area contributed by atoms with E-state index in [1.54, 1.807) is 12.1 Å². The number of carboxylic acid groups (broad SMARTS) is 1. The van der Waals surface area contributed by atoms with Crippen molar-refractivity contribution >= 4 is 18.0 Å². The lowest BCUT2D eigenvalue weighted by Crippen LogP contribution is -2.21. The predicted molar refractivity (Wildman–Crippen MR) is 55.0 cm³/mol. The number of amides is 1. The third-order valence-electron chi connectivity index (χ3n) is 1.94. The second-order valence-corrected chi connectivity index (χ2v) is 3.05. The maximum absolute atomic E-state index is 10.4. The van der Waals surface area contributed by atoms with Gasteiger partial charge in [-0.2, -0.15) is 9.61 Å². The van der Waals surface area contributed by atoms with Crippen molar-refractivity contribution in [1.82, 2.24) is 25.1 Å². The molecule has 0 atom stereocenters. The van der Waals surface area contributed by atoms with Crippen molar-refractivity contribution in [3.8, 4) is 0 Å². The largest absolute Gasteiger partial charge is 0.465 e. The molecule has 0 aliphatic carbocycles. The first kappa shape index (κ1) is 10.8. The Labute approximate surface area is 94.4 Å². The SMILES string of the molecule is O=C(O)NCc1nnc2ccc(/C=N\O)nn12. The summed E-state index contributed by atoms with van der Waals surface area (Å²) < 4.78 is 1.37. The van der Waals surface area contributed by atoms with Gasteiger partial charge in [-0.05, 0) is 12.1 Å². The lowest BCUT2D eigenvalue weighted by Gasteiger charge is -1.99. The second kappa shape index (κ2) is 4.43. The van der Waals surface area contributed by atoms with Crippen LogP contribution < -0.4 is 5.32 Å². The van der Waals surface area contributed by atoms with E-state index in [1.807, 2.05) is 0 Å². The molecule has 0 radical (unpaired) electrons. The van der Waals surface area contributed by atoms with Crippen LogP contribution in [0.3, 0.4) is 0 Å². The van der Waals surface area contributed by atoms with E-state index in [-0.39, 0.29) is 6.54 Å². The van der Waals surface area contributed by atoms with Gasteiger partial charge in [0, 0.05) is 0 Å². The van der Waals surface area contributed by atoms with Crippen LogP contribution in [-0.4, -0.2) is 42.4 Å². The van der Waals surface area contributed by atoms with Crippen LogP contribution in [0, 0.1) is 0 Å². The number of rotatable bonds is 3. The zero-order chi connectivity index (χ0) is 12.3. The Hall–Kier alpha value is -2.71. The molecule has 1 amide bonds. The summed E-state index contributed by atoms with van der Waals surface area (Å²) in [6.45, 7) is -0.0107. The number of oxime groups is 1. The Morgan fingerprint density at radius 2 is 2.35 bits per heavy atom. The van der Waals surface area contributed by atoms with E-state index < -0.39 is 6.09 Å². The highest BCUT2D eigenvalue weighted by Crippen LogP contribution is 2.02. The maximum Gasteiger partial charge on any atom is 0.405 e. The number of nitrogens with one attached hydrogen (secondary N) is 1. The lowest BCUT2D eigenvalue weighted by molar-refractivity contribution is 0.193.